The van der Waals surface area contributed by atoms with E-state index in [2.05, 4.69) is 21.8 Å². The van der Waals surface area contributed by atoms with Gasteiger partial charge < -0.3 is 9.80 Å². The van der Waals surface area contributed by atoms with Crippen LogP contribution in [0.25, 0.3) is 11.3 Å². The predicted octanol–water partition coefficient (Wildman–Crippen LogP) is 3.84. The molecule has 6 heteroatoms. The predicted molar refractivity (Wildman–Crippen MR) is 111 cm³/mol. The van der Waals surface area contributed by atoms with E-state index < -0.39 is 0 Å². The molecule has 2 aliphatic heterocycles. The zero-order valence-electron chi connectivity index (χ0n) is 16.4. The monoisotopic (exact) mass is 398 g/mol. The van der Waals surface area contributed by atoms with Crippen LogP contribution in [0.15, 0.2) is 36.7 Å². The molecule has 0 aliphatic carbocycles. The van der Waals surface area contributed by atoms with Crippen LogP contribution in [0.1, 0.15) is 37.3 Å². The first-order valence-electron chi connectivity index (χ1n) is 10.2. The number of piperidine rings is 2. The lowest BCUT2D eigenvalue weighted by Gasteiger charge is -2.37. The van der Waals surface area contributed by atoms with Gasteiger partial charge in [0.15, 0.2) is 0 Å². The normalized spacial score (nSPS) is 21.6. The van der Waals surface area contributed by atoms with Crippen LogP contribution in [0.4, 0.5) is 0 Å². The summed E-state index contributed by atoms with van der Waals surface area (Å²) in [5.41, 5.74) is 2.77. The van der Waals surface area contributed by atoms with Crippen molar-refractivity contribution in [2.75, 3.05) is 33.2 Å². The summed E-state index contributed by atoms with van der Waals surface area (Å²) < 4.78 is 0. The molecule has 3 heterocycles. The first-order chi connectivity index (χ1) is 13.6. The molecule has 1 amide bonds. The van der Waals surface area contributed by atoms with E-state index in [0.717, 1.165) is 68.8 Å². The summed E-state index contributed by atoms with van der Waals surface area (Å²) in [5.74, 6) is 0.756. The highest BCUT2D eigenvalue weighted by Gasteiger charge is 2.31. The number of aromatic nitrogens is 2. The molecule has 2 aromatic rings. The molecular weight excluding hydrogens is 372 g/mol. The number of carbonyl (C=O) groups is 1. The lowest BCUT2D eigenvalue weighted by Crippen LogP contribution is -2.45. The Morgan fingerprint density at radius 2 is 1.96 bits per heavy atom. The molecule has 2 saturated heterocycles. The fourth-order valence-electron chi connectivity index (χ4n) is 4.30. The Morgan fingerprint density at radius 3 is 2.75 bits per heavy atom. The van der Waals surface area contributed by atoms with Crippen LogP contribution in [0.5, 0.6) is 0 Å². The van der Waals surface area contributed by atoms with Gasteiger partial charge in [-0.2, -0.15) is 0 Å². The van der Waals surface area contributed by atoms with Crippen LogP contribution in [0, 0.1) is 5.92 Å². The third-order valence-corrected chi connectivity index (χ3v) is 6.23. The molecule has 1 aromatic carbocycles. The summed E-state index contributed by atoms with van der Waals surface area (Å²) in [7, 11) is 2.13. The number of halogens is 1. The largest absolute Gasteiger partial charge is 0.342 e. The Hall–Kier alpha value is -1.98. The Bertz CT molecular complexity index is 835. The van der Waals surface area contributed by atoms with Crippen LogP contribution < -0.4 is 0 Å². The van der Waals surface area contributed by atoms with E-state index in [1.807, 2.05) is 30.5 Å². The van der Waals surface area contributed by atoms with Crippen molar-refractivity contribution in [2.45, 2.75) is 31.6 Å². The highest BCUT2D eigenvalue weighted by Crippen LogP contribution is 2.29. The SMILES string of the molecule is CN1CCC(C(=O)N2CCC[C@@H](c3cncc(-c4cccc(Cl)c4)n3)C2)CC1. The third kappa shape index (κ3) is 4.36. The van der Waals surface area contributed by atoms with Crippen molar-refractivity contribution < 1.29 is 4.79 Å². The van der Waals surface area contributed by atoms with Gasteiger partial charge in [-0.3, -0.25) is 9.78 Å². The summed E-state index contributed by atoms with van der Waals surface area (Å²) in [5, 5.41) is 0.692. The standard InChI is InChI=1S/C22H27ClN4O/c1-26-10-7-16(8-11-26)22(28)27-9-3-5-18(15-27)21-14-24-13-20(25-21)17-4-2-6-19(23)12-17/h2,4,6,12-14,16,18H,3,5,7-11,15H2,1H3/t18-/m1/s1. The molecule has 0 spiro atoms. The van der Waals surface area contributed by atoms with Crippen molar-refractivity contribution in [2.24, 2.45) is 5.92 Å². The second-order valence-corrected chi connectivity index (χ2v) is 8.48. The lowest BCUT2D eigenvalue weighted by molar-refractivity contribution is -0.138. The van der Waals surface area contributed by atoms with Gasteiger partial charge in [-0.25, -0.2) is 4.98 Å². The van der Waals surface area contributed by atoms with Gasteiger partial charge in [0.25, 0.3) is 0 Å². The topological polar surface area (TPSA) is 49.3 Å². The molecule has 1 aromatic heterocycles. The summed E-state index contributed by atoms with van der Waals surface area (Å²) in [6.07, 6.45) is 7.64. The van der Waals surface area contributed by atoms with E-state index in [0.29, 0.717) is 10.9 Å². The van der Waals surface area contributed by atoms with E-state index in [1.165, 1.54) is 0 Å². The quantitative estimate of drug-likeness (QED) is 0.788. The van der Waals surface area contributed by atoms with E-state index in [-0.39, 0.29) is 11.8 Å². The van der Waals surface area contributed by atoms with Crippen molar-refractivity contribution in [3.8, 4) is 11.3 Å². The minimum Gasteiger partial charge on any atom is -0.342 e. The second-order valence-electron chi connectivity index (χ2n) is 8.04. The minimum absolute atomic E-state index is 0.179. The summed E-state index contributed by atoms with van der Waals surface area (Å²) >= 11 is 6.12. The van der Waals surface area contributed by atoms with Gasteiger partial charge in [0, 0.05) is 41.7 Å². The Kier molecular flexibility index (Phi) is 5.93. The number of benzene rings is 1. The zero-order valence-corrected chi connectivity index (χ0v) is 17.1. The van der Waals surface area contributed by atoms with Crippen molar-refractivity contribution >= 4 is 17.5 Å². The summed E-state index contributed by atoms with van der Waals surface area (Å²) in [6.45, 7) is 3.64. The smallest absolute Gasteiger partial charge is 0.225 e. The number of hydrogen-bond acceptors (Lipinski definition) is 4. The third-order valence-electron chi connectivity index (χ3n) is 5.99. The molecule has 2 fully saturated rings. The molecule has 5 nitrogen and oxygen atoms in total. The van der Waals surface area contributed by atoms with Crippen molar-refractivity contribution in [1.29, 1.82) is 0 Å². The van der Waals surface area contributed by atoms with E-state index in [4.69, 9.17) is 16.6 Å². The lowest BCUT2D eigenvalue weighted by atomic mass is 9.91. The van der Waals surface area contributed by atoms with Crippen LogP contribution in [0.3, 0.4) is 0 Å². The van der Waals surface area contributed by atoms with E-state index in [9.17, 15) is 4.79 Å². The highest BCUT2D eigenvalue weighted by atomic mass is 35.5. The molecule has 0 unspecified atom stereocenters. The number of carbonyl (C=O) groups excluding carboxylic acids is 1. The second kappa shape index (κ2) is 8.58. The maximum absolute atomic E-state index is 13.0. The minimum atomic E-state index is 0.179. The Morgan fingerprint density at radius 1 is 1.14 bits per heavy atom. The van der Waals surface area contributed by atoms with Crippen LogP contribution in [-0.2, 0) is 4.79 Å². The van der Waals surface area contributed by atoms with Crippen LogP contribution in [0.2, 0.25) is 5.02 Å². The first-order valence-corrected chi connectivity index (χ1v) is 10.5. The number of amides is 1. The molecule has 1 atom stereocenters. The molecule has 2 aliphatic rings. The van der Waals surface area contributed by atoms with Gasteiger partial charge in [0.2, 0.25) is 5.91 Å². The van der Waals surface area contributed by atoms with Crippen molar-refractivity contribution in [3.05, 3.63) is 47.4 Å². The molecule has 28 heavy (non-hydrogen) atoms. The molecule has 0 saturated carbocycles. The maximum atomic E-state index is 13.0. The first kappa shape index (κ1) is 19.3. The average molecular weight is 399 g/mol. The van der Waals surface area contributed by atoms with Crippen LogP contribution >= 0.6 is 11.6 Å². The summed E-state index contributed by atoms with van der Waals surface area (Å²) in [4.78, 5) is 26.7. The number of nitrogens with zero attached hydrogens (tertiary/aromatic N) is 4. The van der Waals surface area contributed by atoms with Crippen molar-refractivity contribution in [3.63, 3.8) is 0 Å². The maximum Gasteiger partial charge on any atom is 0.225 e. The van der Waals surface area contributed by atoms with Crippen LogP contribution in [-0.4, -0.2) is 58.9 Å². The van der Waals surface area contributed by atoms with Gasteiger partial charge >= 0.3 is 0 Å². The Balaban J connectivity index is 1.47. The Labute approximate surface area is 171 Å². The van der Waals surface area contributed by atoms with E-state index >= 15 is 0 Å². The fraction of sp³-hybridized carbons (Fsp3) is 0.500. The fourth-order valence-corrected chi connectivity index (χ4v) is 4.49. The number of hydrogen-bond donors (Lipinski definition) is 0. The van der Waals surface area contributed by atoms with Gasteiger partial charge in [-0.15, -0.1) is 0 Å². The molecule has 148 valence electrons. The highest BCUT2D eigenvalue weighted by molar-refractivity contribution is 6.30. The number of likely N-dealkylation sites (tertiary alicyclic amines) is 2. The molecular formula is C22H27ClN4O. The summed E-state index contributed by atoms with van der Waals surface area (Å²) in [6, 6.07) is 7.69. The van der Waals surface area contributed by atoms with Gasteiger partial charge in [-0.1, -0.05) is 23.7 Å². The molecule has 0 N–H and O–H groups in total. The zero-order chi connectivity index (χ0) is 19.5. The van der Waals surface area contributed by atoms with Gasteiger partial charge in [-0.05, 0) is 58.0 Å². The molecule has 0 radical (unpaired) electrons. The van der Waals surface area contributed by atoms with Gasteiger partial charge in [0.05, 0.1) is 17.6 Å². The van der Waals surface area contributed by atoms with Gasteiger partial charge in [0.1, 0.15) is 0 Å². The average Bonchev–Trinajstić information content (AvgIpc) is 2.74. The molecule has 4 rings (SSSR count). The molecule has 0 bridgehead atoms. The van der Waals surface area contributed by atoms with Crippen molar-refractivity contribution in [1.82, 2.24) is 19.8 Å². The van der Waals surface area contributed by atoms with E-state index in [1.54, 1.807) is 6.20 Å². The number of rotatable bonds is 3.